The molecule has 0 aliphatic carbocycles. The molecule has 1 atom stereocenters. The molecule has 0 saturated heterocycles. The second kappa shape index (κ2) is 5.51. The monoisotopic (exact) mass is 335 g/mol. The van der Waals surface area contributed by atoms with Gasteiger partial charge in [0, 0.05) is 5.69 Å². The minimum atomic E-state index is -0.210. The van der Waals surface area contributed by atoms with Crippen molar-refractivity contribution in [2.75, 3.05) is 12.4 Å². The van der Waals surface area contributed by atoms with Crippen LogP contribution >= 0.6 is 31.9 Å². The van der Waals surface area contributed by atoms with Gasteiger partial charge in [-0.2, -0.15) is 0 Å². The van der Waals surface area contributed by atoms with Crippen LogP contribution in [0.3, 0.4) is 0 Å². The minimum absolute atomic E-state index is 0.0768. The number of halogens is 2. The van der Waals surface area contributed by atoms with Crippen molar-refractivity contribution in [3.8, 4) is 5.75 Å². The fourth-order valence-electron chi connectivity index (χ4n) is 0.986. The summed E-state index contributed by atoms with van der Waals surface area (Å²) in [5.74, 6) is 0.659. The van der Waals surface area contributed by atoms with Crippen molar-refractivity contribution in [2.24, 2.45) is 0 Å². The average Bonchev–Trinajstić information content (AvgIpc) is 2.18. The van der Waals surface area contributed by atoms with Gasteiger partial charge in [-0.15, -0.1) is 0 Å². The van der Waals surface area contributed by atoms with E-state index in [1.165, 1.54) is 0 Å². The second-order valence-corrected chi connectivity index (χ2v) is 5.18. The molecule has 0 radical (unpaired) electrons. The number of alkyl halides is 1. The normalized spacial score (nSPS) is 12.0. The lowest BCUT2D eigenvalue weighted by Gasteiger charge is -2.09. The van der Waals surface area contributed by atoms with Crippen LogP contribution in [0.1, 0.15) is 6.92 Å². The summed E-state index contributed by atoms with van der Waals surface area (Å²) in [7, 11) is 1.60. The zero-order valence-electron chi connectivity index (χ0n) is 8.38. The standard InChI is InChI=1S/C10H11Br2NO2/c1-6(11)10(14)13-7-3-4-9(15-2)8(12)5-7/h3-6H,1-2H3,(H,13,14). The van der Waals surface area contributed by atoms with Crippen LogP contribution in [-0.2, 0) is 4.79 Å². The number of nitrogens with one attached hydrogen (secondary N) is 1. The number of carbonyl (C=O) groups excluding carboxylic acids is 1. The first-order chi connectivity index (χ1) is 7.04. The maximum atomic E-state index is 11.4. The van der Waals surface area contributed by atoms with Gasteiger partial charge in [0.1, 0.15) is 5.75 Å². The number of methoxy groups -OCH3 is 1. The highest BCUT2D eigenvalue weighted by Gasteiger charge is 2.09. The molecule has 1 rings (SSSR count). The quantitative estimate of drug-likeness (QED) is 0.861. The van der Waals surface area contributed by atoms with Gasteiger partial charge in [0.05, 0.1) is 16.4 Å². The highest BCUT2D eigenvalue weighted by atomic mass is 79.9. The van der Waals surface area contributed by atoms with E-state index >= 15 is 0 Å². The Bertz CT molecular complexity index is 366. The van der Waals surface area contributed by atoms with Gasteiger partial charge in [0.25, 0.3) is 0 Å². The van der Waals surface area contributed by atoms with E-state index in [1.54, 1.807) is 32.2 Å². The molecule has 3 nitrogen and oxygen atoms in total. The van der Waals surface area contributed by atoms with Crippen molar-refractivity contribution in [3.63, 3.8) is 0 Å². The van der Waals surface area contributed by atoms with Crippen molar-refractivity contribution in [2.45, 2.75) is 11.8 Å². The van der Waals surface area contributed by atoms with Gasteiger partial charge in [-0.1, -0.05) is 15.9 Å². The van der Waals surface area contributed by atoms with E-state index < -0.39 is 0 Å². The van der Waals surface area contributed by atoms with Crippen LogP contribution in [0.15, 0.2) is 22.7 Å². The fraction of sp³-hybridized carbons (Fsp3) is 0.300. The van der Waals surface area contributed by atoms with E-state index in [1.807, 2.05) is 0 Å². The maximum absolute atomic E-state index is 11.4. The molecule has 82 valence electrons. The number of carbonyl (C=O) groups is 1. The van der Waals surface area contributed by atoms with Gasteiger partial charge in [-0.25, -0.2) is 0 Å². The zero-order valence-corrected chi connectivity index (χ0v) is 11.6. The molecular weight excluding hydrogens is 326 g/mol. The highest BCUT2D eigenvalue weighted by Crippen LogP contribution is 2.27. The van der Waals surface area contributed by atoms with E-state index in [0.717, 1.165) is 15.9 Å². The summed E-state index contributed by atoms with van der Waals surface area (Å²) in [6.07, 6.45) is 0. The van der Waals surface area contributed by atoms with E-state index in [4.69, 9.17) is 4.74 Å². The molecule has 5 heteroatoms. The molecule has 1 aromatic carbocycles. The molecule has 0 aliphatic heterocycles. The zero-order chi connectivity index (χ0) is 11.4. The average molecular weight is 337 g/mol. The van der Waals surface area contributed by atoms with Crippen LogP contribution in [0.5, 0.6) is 5.75 Å². The molecule has 1 amide bonds. The van der Waals surface area contributed by atoms with E-state index in [0.29, 0.717) is 0 Å². The number of benzene rings is 1. The van der Waals surface area contributed by atoms with E-state index in [9.17, 15) is 4.79 Å². The summed E-state index contributed by atoms with van der Waals surface area (Å²) in [6, 6.07) is 5.38. The predicted octanol–water partition coefficient (Wildman–Crippen LogP) is 3.18. The molecule has 0 saturated carbocycles. The number of hydrogen-bond donors (Lipinski definition) is 1. The molecule has 0 bridgehead atoms. The summed E-state index contributed by atoms with van der Waals surface area (Å²) in [5, 5.41) is 2.76. The van der Waals surface area contributed by atoms with Gasteiger partial charge in [-0.05, 0) is 41.1 Å². The van der Waals surface area contributed by atoms with Gasteiger partial charge in [-0.3, -0.25) is 4.79 Å². The third kappa shape index (κ3) is 3.50. The Morgan fingerprint density at radius 2 is 2.20 bits per heavy atom. The van der Waals surface area contributed by atoms with Crippen LogP contribution in [0.4, 0.5) is 5.69 Å². The van der Waals surface area contributed by atoms with Crippen molar-refractivity contribution < 1.29 is 9.53 Å². The fourth-order valence-corrected chi connectivity index (χ4v) is 1.64. The summed E-state index contributed by atoms with van der Waals surface area (Å²) < 4.78 is 5.89. The molecular formula is C10H11Br2NO2. The molecule has 15 heavy (non-hydrogen) atoms. The van der Waals surface area contributed by atoms with Crippen molar-refractivity contribution in [1.29, 1.82) is 0 Å². The summed E-state index contributed by atoms with van der Waals surface area (Å²) >= 11 is 6.54. The Labute approximate surface area is 105 Å². The lowest BCUT2D eigenvalue weighted by molar-refractivity contribution is -0.115. The first-order valence-electron chi connectivity index (χ1n) is 4.33. The van der Waals surface area contributed by atoms with Crippen molar-refractivity contribution >= 4 is 43.5 Å². The SMILES string of the molecule is COc1ccc(NC(=O)C(C)Br)cc1Br. The van der Waals surface area contributed by atoms with E-state index in [-0.39, 0.29) is 10.7 Å². The number of rotatable bonds is 3. The summed E-state index contributed by atoms with van der Waals surface area (Å²) in [5.41, 5.74) is 0.735. The minimum Gasteiger partial charge on any atom is -0.496 e. The Balaban J connectivity index is 2.80. The first-order valence-corrected chi connectivity index (χ1v) is 6.04. The lowest BCUT2D eigenvalue weighted by Crippen LogP contribution is -2.19. The highest BCUT2D eigenvalue weighted by molar-refractivity contribution is 9.10. The number of amides is 1. The predicted molar refractivity (Wildman–Crippen MR) is 67.7 cm³/mol. The molecule has 0 heterocycles. The third-order valence-corrected chi connectivity index (χ3v) is 2.82. The topological polar surface area (TPSA) is 38.3 Å². The molecule has 0 aromatic heterocycles. The number of ether oxygens (including phenoxy) is 1. The molecule has 0 fully saturated rings. The Kier molecular flexibility index (Phi) is 4.60. The van der Waals surface area contributed by atoms with Gasteiger partial charge in [0.15, 0.2) is 0 Å². The number of hydrogen-bond acceptors (Lipinski definition) is 2. The molecule has 0 aliphatic rings. The molecule has 1 N–H and O–H groups in total. The number of anilines is 1. The Morgan fingerprint density at radius 3 is 2.67 bits per heavy atom. The van der Waals surface area contributed by atoms with Gasteiger partial charge in [0.2, 0.25) is 5.91 Å². The molecule has 1 aromatic rings. The van der Waals surface area contributed by atoms with E-state index in [2.05, 4.69) is 37.2 Å². The Hall–Kier alpha value is -0.550. The maximum Gasteiger partial charge on any atom is 0.237 e. The summed E-state index contributed by atoms with van der Waals surface area (Å²) in [6.45, 7) is 1.77. The smallest absolute Gasteiger partial charge is 0.237 e. The Morgan fingerprint density at radius 1 is 1.53 bits per heavy atom. The molecule has 1 unspecified atom stereocenters. The second-order valence-electron chi connectivity index (χ2n) is 2.95. The van der Waals surface area contributed by atoms with Crippen LogP contribution in [0.2, 0.25) is 0 Å². The van der Waals surface area contributed by atoms with Crippen LogP contribution in [-0.4, -0.2) is 17.8 Å². The third-order valence-electron chi connectivity index (χ3n) is 1.78. The van der Waals surface area contributed by atoms with Gasteiger partial charge < -0.3 is 10.1 Å². The van der Waals surface area contributed by atoms with Gasteiger partial charge >= 0.3 is 0 Å². The first kappa shape index (κ1) is 12.5. The van der Waals surface area contributed by atoms with Crippen molar-refractivity contribution in [3.05, 3.63) is 22.7 Å². The van der Waals surface area contributed by atoms with Crippen LogP contribution in [0.25, 0.3) is 0 Å². The lowest BCUT2D eigenvalue weighted by atomic mass is 10.3. The van der Waals surface area contributed by atoms with Crippen LogP contribution in [0, 0.1) is 0 Å². The molecule has 0 spiro atoms. The van der Waals surface area contributed by atoms with Crippen molar-refractivity contribution in [1.82, 2.24) is 0 Å². The van der Waals surface area contributed by atoms with Crippen LogP contribution < -0.4 is 10.1 Å². The summed E-state index contributed by atoms with van der Waals surface area (Å²) in [4.78, 5) is 11.2. The largest absolute Gasteiger partial charge is 0.496 e.